The molecule has 2 aromatic heterocycles. The number of hydrogen-bond donors (Lipinski definition) is 1. The molecule has 35 heavy (non-hydrogen) atoms. The van der Waals surface area contributed by atoms with Crippen LogP contribution >= 0.6 is 0 Å². The first-order valence-electron chi connectivity index (χ1n) is 12.3. The number of Topliss-reactive ketones (excluding diaryl/α,β-unsaturated/α-hetero) is 1. The van der Waals surface area contributed by atoms with Gasteiger partial charge in [0.25, 0.3) is 0 Å². The van der Waals surface area contributed by atoms with Crippen molar-refractivity contribution in [3.8, 4) is 5.75 Å². The Morgan fingerprint density at radius 1 is 1.23 bits per heavy atom. The van der Waals surface area contributed by atoms with Gasteiger partial charge in [0, 0.05) is 17.4 Å². The highest BCUT2D eigenvalue weighted by Gasteiger charge is 2.55. The molecule has 3 aliphatic rings. The van der Waals surface area contributed by atoms with Crippen molar-refractivity contribution < 1.29 is 14.5 Å². The molecule has 182 valence electrons. The Morgan fingerprint density at radius 2 is 2.09 bits per heavy atom. The van der Waals surface area contributed by atoms with Crippen LogP contribution in [0.15, 0.2) is 24.8 Å². The minimum Gasteiger partial charge on any atom is -0.485 e. The van der Waals surface area contributed by atoms with Crippen LogP contribution in [-0.4, -0.2) is 36.8 Å². The Bertz CT molecular complexity index is 1350. The third kappa shape index (κ3) is 3.30. The van der Waals surface area contributed by atoms with Gasteiger partial charge in [-0.1, -0.05) is 13.0 Å². The average molecular weight is 477 g/mol. The number of ketones is 1. The summed E-state index contributed by atoms with van der Waals surface area (Å²) in [7, 11) is 0. The Labute approximate surface area is 202 Å². The summed E-state index contributed by atoms with van der Waals surface area (Å²) < 4.78 is 7.74. The summed E-state index contributed by atoms with van der Waals surface area (Å²) in [6.45, 7) is 2.78. The fourth-order valence-corrected chi connectivity index (χ4v) is 7.03. The summed E-state index contributed by atoms with van der Waals surface area (Å²) in [4.78, 5) is 36.9. The lowest BCUT2D eigenvalue weighted by Gasteiger charge is -2.48. The molecule has 2 saturated carbocycles. The van der Waals surface area contributed by atoms with Crippen LogP contribution in [0.1, 0.15) is 56.1 Å². The molecule has 10 nitrogen and oxygen atoms in total. The molecule has 0 spiro atoms. The fraction of sp³-hybridized carbons (Fsp3) is 0.520. The number of nitrogens with zero attached hydrogens (tertiary/aromatic N) is 5. The number of rotatable bonds is 5. The first-order chi connectivity index (χ1) is 16.9. The lowest BCUT2D eigenvalue weighted by molar-refractivity contribution is -0.386. The highest BCUT2D eigenvalue weighted by Crippen LogP contribution is 2.60. The Morgan fingerprint density at radius 3 is 2.91 bits per heavy atom. The van der Waals surface area contributed by atoms with Gasteiger partial charge in [-0.15, -0.1) is 0 Å². The van der Waals surface area contributed by atoms with Gasteiger partial charge in [0.2, 0.25) is 0 Å². The quantitative estimate of drug-likeness (QED) is 0.433. The van der Waals surface area contributed by atoms with E-state index in [0.717, 1.165) is 36.8 Å². The van der Waals surface area contributed by atoms with Crippen LogP contribution in [0.3, 0.4) is 0 Å². The number of fused-ring (bicyclic) bond motifs is 6. The monoisotopic (exact) mass is 476 g/mol. The van der Waals surface area contributed by atoms with Crippen LogP contribution in [0.2, 0.25) is 0 Å². The number of ether oxygens (including phenoxy) is 1. The summed E-state index contributed by atoms with van der Waals surface area (Å²) >= 11 is 0. The Kier molecular flexibility index (Phi) is 5.01. The molecule has 3 aliphatic carbocycles. The molecule has 0 aliphatic heterocycles. The molecule has 0 amide bonds. The first kappa shape index (κ1) is 21.9. The minimum absolute atomic E-state index is 0.0823. The summed E-state index contributed by atoms with van der Waals surface area (Å²) in [5.41, 5.74) is 8.72. The summed E-state index contributed by atoms with van der Waals surface area (Å²) in [5, 5.41) is 12.2. The number of imidazole rings is 1. The normalized spacial score (nSPS) is 27.3. The minimum atomic E-state index is -0.304. The van der Waals surface area contributed by atoms with E-state index in [1.165, 1.54) is 6.33 Å². The van der Waals surface area contributed by atoms with Crippen molar-refractivity contribution in [3.63, 3.8) is 0 Å². The van der Waals surface area contributed by atoms with Gasteiger partial charge >= 0.3 is 5.69 Å². The van der Waals surface area contributed by atoms with Crippen molar-refractivity contribution in [3.05, 3.63) is 46.0 Å². The van der Waals surface area contributed by atoms with Gasteiger partial charge in [-0.2, -0.15) is 0 Å². The van der Waals surface area contributed by atoms with Gasteiger partial charge in [-0.05, 0) is 61.5 Å². The van der Waals surface area contributed by atoms with Crippen LogP contribution in [0, 0.1) is 27.4 Å². The molecule has 10 heteroatoms. The van der Waals surface area contributed by atoms with Gasteiger partial charge in [-0.25, -0.2) is 15.0 Å². The molecule has 0 radical (unpaired) electrons. The molecular formula is C25H28N6O4. The SMILES string of the molecule is CC12CCC3c4ccc(OCCn5cnc6c(N)ncnc65)c([N+](=O)[O-])c4CCC3C1CCC2=O. The number of nitrogen functional groups attached to an aromatic ring is 1. The number of nitrogens with two attached hydrogens (primary N) is 1. The number of aromatic nitrogens is 4. The summed E-state index contributed by atoms with van der Waals surface area (Å²) in [6.07, 6.45) is 7.94. The molecule has 3 aromatic rings. The number of anilines is 1. The van der Waals surface area contributed by atoms with Crippen LogP contribution in [0.25, 0.3) is 11.2 Å². The molecule has 2 N–H and O–H groups in total. The zero-order chi connectivity index (χ0) is 24.3. The van der Waals surface area contributed by atoms with E-state index in [1.807, 2.05) is 6.07 Å². The Balaban J connectivity index is 1.25. The molecule has 2 heterocycles. The second-order valence-electron chi connectivity index (χ2n) is 10.3. The lowest BCUT2D eigenvalue weighted by atomic mass is 9.55. The number of nitro benzene ring substituents is 1. The van der Waals surface area contributed by atoms with Crippen molar-refractivity contribution >= 4 is 28.5 Å². The third-order valence-corrected chi connectivity index (χ3v) is 8.76. The van der Waals surface area contributed by atoms with E-state index in [0.29, 0.717) is 59.7 Å². The molecule has 2 fully saturated rings. The van der Waals surface area contributed by atoms with Gasteiger partial charge < -0.3 is 15.0 Å². The van der Waals surface area contributed by atoms with E-state index >= 15 is 0 Å². The van der Waals surface area contributed by atoms with E-state index in [9.17, 15) is 14.9 Å². The van der Waals surface area contributed by atoms with Gasteiger partial charge in [0.05, 0.1) is 17.8 Å². The molecule has 6 rings (SSSR count). The van der Waals surface area contributed by atoms with Crippen molar-refractivity contribution in [2.45, 2.75) is 57.9 Å². The molecule has 4 atom stereocenters. The lowest BCUT2D eigenvalue weighted by Crippen LogP contribution is -2.42. The van der Waals surface area contributed by atoms with E-state index in [2.05, 4.69) is 21.9 Å². The van der Waals surface area contributed by atoms with Gasteiger partial charge in [-0.3, -0.25) is 14.9 Å². The summed E-state index contributed by atoms with van der Waals surface area (Å²) in [6, 6.07) is 3.77. The number of hydrogen-bond acceptors (Lipinski definition) is 8. The standard InChI is InChI=1S/C25H28N6O4/c1-25-9-8-15-14-4-6-19(35-11-10-30-13-29-21-23(26)27-12-28-24(21)30)22(31(33)34)17(14)3-2-16(15)18(25)5-7-20(25)32/h4,6,12-13,15-16,18H,2-3,5,7-11H2,1H3,(H2,26,27,28). The fourth-order valence-electron chi connectivity index (χ4n) is 7.03. The zero-order valence-corrected chi connectivity index (χ0v) is 19.6. The third-order valence-electron chi connectivity index (χ3n) is 8.76. The van der Waals surface area contributed by atoms with Gasteiger partial charge in [0.1, 0.15) is 24.2 Å². The maximum absolute atomic E-state index is 12.6. The van der Waals surface area contributed by atoms with Crippen LogP contribution < -0.4 is 10.5 Å². The zero-order valence-electron chi connectivity index (χ0n) is 19.6. The second-order valence-corrected chi connectivity index (χ2v) is 10.3. The molecule has 4 unspecified atom stereocenters. The van der Waals surface area contributed by atoms with Crippen LogP contribution in [0.5, 0.6) is 5.75 Å². The van der Waals surface area contributed by atoms with Crippen LogP contribution in [-0.2, 0) is 17.8 Å². The predicted molar refractivity (Wildman–Crippen MR) is 128 cm³/mol. The number of carbonyl (C=O) groups is 1. The van der Waals surface area contributed by atoms with E-state index in [4.69, 9.17) is 10.5 Å². The molecule has 1 aromatic carbocycles. The highest BCUT2D eigenvalue weighted by atomic mass is 16.6. The van der Waals surface area contributed by atoms with E-state index < -0.39 is 0 Å². The maximum Gasteiger partial charge on any atom is 0.314 e. The number of benzene rings is 1. The smallest absolute Gasteiger partial charge is 0.314 e. The van der Waals surface area contributed by atoms with E-state index in [-0.39, 0.29) is 28.6 Å². The average Bonchev–Trinajstić information content (AvgIpc) is 3.40. The molecular weight excluding hydrogens is 448 g/mol. The van der Waals surface area contributed by atoms with Gasteiger partial charge in [0.15, 0.2) is 17.2 Å². The highest BCUT2D eigenvalue weighted by molar-refractivity contribution is 5.87. The van der Waals surface area contributed by atoms with Crippen molar-refractivity contribution in [1.29, 1.82) is 0 Å². The topological polar surface area (TPSA) is 139 Å². The number of nitro groups is 1. The predicted octanol–water partition coefficient (Wildman–Crippen LogP) is 3.82. The van der Waals surface area contributed by atoms with Crippen molar-refractivity contribution in [1.82, 2.24) is 19.5 Å². The molecule has 0 saturated heterocycles. The molecule has 0 bridgehead atoms. The van der Waals surface area contributed by atoms with E-state index in [1.54, 1.807) is 17.0 Å². The second kappa shape index (κ2) is 8.00. The maximum atomic E-state index is 12.6. The number of carbonyl (C=O) groups excluding carboxylic acids is 1. The first-order valence-corrected chi connectivity index (χ1v) is 12.3. The Hall–Kier alpha value is -3.56. The summed E-state index contributed by atoms with van der Waals surface area (Å²) in [5.74, 6) is 2.09. The van der Waals surface area contributed by atoms with Crippen molar-refractivity contribution in [2.75, 3.05) is 12.3 Å². The van der Waals surface area contributed by atoms with Crippen molar-refractivity contribution in [2.24, 2.45) is 17.3 Å². The van der Waals surface area contributed by atoms with Crippen LogP contribution in [0.4, 0.5) is 11.5 Å². The largest absolute Gasteiger partial charge is 0.485 e.